The van der Waals surface area contributed by atoms with Crippen molar-refractivity contribution in [2.45, 2.75) is 18.6 Å². The van der Waals surface area contributed by atoms with E-state index in [4.69, 9.17) is 5.73 Å². The van der Waals surface area contributed by atoms with E-state index in [1.807, 2.05) is 0 Å². The van der Waals surface area contributed by atoms with E-state index in [1.54, 1.807) is 0 Å². The highest BCUT2D eigenvalue weighted by Crippen LogP contribution is 2.29. The third-order valence-corrected chi connectivity index (χ3v) is 2.11. The van der Waals surface area contributed by atoms with Gasteiger partial charge in [-0.3, -0.25) is 0 Å². The second kappa shape index (κ2) is 6.31. The highest BCUT2D eigenvalue weighted by Gasteiger charge is 2.33. The Morgan fingerprint density at radius 2 is 1.65 bits per heavy atom. The van der Waals surface area contributed by atoms with Crippen LogP contribution in [0.4, 0.5) is 26.3 Å². The van der Waals surface area contributed by atoms with Gasteiger partial charge in [-0.2, -0.15) is 13.2 Å². The number of rotatable bonds is 5. The van der Waals surface area contributed by atoms with Gasteiger partial charge < -0.3 is 15.2 Å². The van der Waals surface area contributed by atoms with Gasteiger partial charge in [0, 0.05) is 5.56 Å². The van der Waals surface area contributed by atoms with Crippen LogP contribution >= 0.6 is 0 Å². The molecule has 0 aliphatic rings. The fraction of sp³-hybridized carbons (Fsp3) is 0.455. The van der Waals surface area contributed by atoms with E-state index in [-0.39, 0.29) is 5.56 Å². The topological polar surface area (TPSA) is 44.5 Å². The normalized spacial score (nSPS) is 14.2. The van der Waals surface area contributed by atoms with Crippen molar-refractivity contribution in [3.63, 3.8) is 0 Å². The van der Waals surface area contributed by atoms with E-state index in [2.05, 4.69) is 9.47 Å². The van der Waals surface area contributed by atoms with Crippen LogP contribution in [0.25, 0.3) is 0 Å². The monoisotopic (exact) mass is 303 g/mol. The Morgan fingerprint density at radius 3 is 2.20 bits per heavy atom. The number of nitrogens with two attached hydrogens (primary N) is 1. The van der Waals surface area contributed by atoms with Gasteiger partial charge in [0.05, 0.1) is 12.6 Å². The van der Waals surface area contributed by atoms with Crippen LogP contribution in [0.3, 0.4) is 0 Å². The van der Waals surface area contributed by atoms with Crippen molar-refractivity contribution in [2.75, 3.05) is 13.2 Å². The van der Waals surface area contributed by atoms with Crippen molar-refractivity contribution in [1.29, 1.82) is 0 Å². The predicted octanol–water partition coefficient (Wildman–Crippen LogP) is 3.16. The largest absolute Gasteiger partial charge is 0.573 e. The molecule has 2 N–H and O–H groups in total. The molecule has 0 saturated carbocycles. The van der Waals surface area contributed by atoms with Crippen molar-refractivity contribution < 1.29 is 35.8 Å². The molecule has 1 unspecified atom stereocenters. The highest BCUT2D eigenvalue weighted by atomic mass is 19.4. The molecule has 0 spiro atoms. The third-order valence-electron chi connectivity index (χ3n) is 2.11. The molecular formula is C11H11F6NO2. The fourth-order valence-electron chi connectivity index (χ4n) is 1.40. The second-order valence-electron chi connectivity index (χ2n) is 3.82. The van der Waals surface area contributed by atoms with Crippen molar-refractivity contribution >= 4 is 0 Å². The molecule has 0 radical (unpaired) electrons. The van der Waals surface area contributed by atoms with Gasteiger partial charge in [-0.25, -0.2) is 0 Å². The van der Waals surface area contributed by atoms with E-state index < -0.39 is 37.5 Å². The fourth-order valence-corrected chi connectivity index (χ4v) is 1.40. The minimum absolute atomic E-state index is 0.0907. The lowest BCUT2D eigenvalue weighted by Crippen LogP contribution is -2.25. The molecule has 1 aromatic carbocycles. The maximum atomic E-state index is 12.1. The summed E-state index contributed by atoms with van der Waals surface area (Å²) in [4.78, 5) is 0. The standard InChI is InChI=1S/C11H11F6NO2/c12-10(13,14)6-19-5-8(18)7-3-1-2-4-9(7)20-11(15,16)17/h1-4,8H,5-6,18H2. The van der Waals surface area contributed by atoms with Gasteiger partial charge >= 0.3 is 12.5 Å². The molecule has 0 fully saturated rings. The van der Waals surface area contributed by atoms with Gasteiger partial charge in [0.25, 0.3) is 0 Å². The summed E-state index contributed by atoms with van der Waals surface area (Å²) in [6.45, 7) is -2.11. The maximum absolute atomic E-state index is 12.1. The molecule has 0 aliphatic heterocycles. The minimum atomic E-state index is -4.91. The molecule has 0 bridgehead atoms. The number of hydrogen-bond acceptors (Lipinski definition) is 3. The SMILES string of the molecule is NC(COCC(F)(F)F)c1ccccc1OC(F)(F)F. The summed E-state index contributed by atoms with van der Waals surface area (Å²) in [6, 6.07) is 3.75. The summed E-state index contributed by atoms with van der Waals surface area (Å²) in [6.07, 6.45) is -9.44. The molecule has 3 nitrogen and oxygen atoms in total. The number of ether oxygens (including phenoxy) is 2. The van der Waals surface area contributed by atoms with Crippen LogP contribution in [0.15, 0.2) is 24.3 Å². The zero-order valence-corrected chi connectivity index (χ0v) is 9.96. The summed E-state index contributed by atoms with van der Waals surface area (Å²) in [5.74, 6) is -0.567. The first-order valence-electron chi connectivity index (χ1n) is 5.33. The Labute approximate surface area is 110 Å². The maximum Gasteiger partial charge on any atom is 0.573 e. The molecule has 114 valence electrons. The zero-order valence-electron chi connectivity index (χ0n) is 9.96. The van der Waals surface area contributed by atoms with Crippen LogP contribution in [0.2, 0.25) is 0 Å². The minimum Gasteiger partial charge on any atom is -0.405 e. The quantitative estimate of drug-likeness (QED) is 0.850. The van der Waals surface area contributed by atoms with Gasteiger partial charge in [0.15, 0.2) is 0 Å². The predicted molar refractivity (Wildman–Crippen MR) is 56.9 cm³/mol. The highest BCUT2D eigenvalue weighted by molar-refractivity contribution is 5.35. The Morgan fingerprint density at radius 1 is 1.05 bits per heavy atom. The Hall–Kier alpha value is -1.48. The van der Waals surface area contributed by atoms with Crippen molar-refractivity contribution in [1.82, 2.24) is 0 Å². The summed E-state index contributed by atoms with van der Waals surface area (Å²) >= 11 is 0. The van der Waals surface area contributed by atoms with Crippen molar-refractivity contribution in [2.24, 2.45) is 5.73 Å². The summed E-state index contributed by atoms with van der Waals surface area (Å²) in [5.41, 5.74) is 5.41. The second-order valence-corrected chi connectivity index (χ2v) is 3.82. The summed E-state index contributed by atoms with van der Waals surface area (Å²) in [7, 11) is 0. The molecule has 0 heterocycles. The lowest BCUT2D eigenvalue weighted by Gasteiger charge is -2.18. The van der Waals surface area contributed by atoms with Crippen LogP contribution in [-0.4, -0.2) is 25.8 Å². The van der Waals surface area contributed by atoms with E-state index in [0.29, 0.717) is 0 Å². The summed E-state index contributed by atoms with van der Waals surface area (Å²) < 4.78 is 80.1. The Kier molecular flexibility index (Phi) is 5.23. The summed E-state index contributed by atoms with van der Waals surface area (Å²) in [5, 5.41) is 0. The molecule has 0 saturated heterocycles. The van der Waals surface area contributed by atoms with Crippen LogP contribution < -0.4 is 10.5 Å². The first kappa shape index (κ1) is 16.6. The zero-order chi connectivity index (χ0) is 15.4. The Balaban J connectivity index is 2.70. The number of benzene rings is 1. The van der Waals surface area contributed by atoms with E-state index >= 15 is 0 Å². The molecule has 1 atom stereocenters. The first-order valence-corrected chi connectivity index (χ1v) is 5.33. The van der Waals surface area contributed by atoms with Gasteiger partial charge in [-0.05, 0) is 6.07 Å². The van der Waals surface area contributed by atoms with E-state index in [9.17, 15) is 26.3 Å². The number of para-hydroxylation sites is 1. The third kappa shape index (κ3) is 6.11. The van der Waals surface area contributed by atoms with Gasteiger partial charge in [-0.15, -0.1) is 13.2 Å². The van der Waals surface area contributed by atoms with E-state index in [0.717, 1.165) is 6.07 Å². The average Bonchev–Trinajstić information content (AvgIpc) is 2.25. The number of alkyl halides is 6. The smallest absolute Gasteiger partial charge is 0.405 e. The molecule has 20 heavy (non-hydrogen) atoms. The van der Waals surface area contributed by atoms with Crippen LogP contribution in [-0.2, 0) is 4.74 Å². The van der Waals surface area contributed by atoms with Crippen LogP contribution in [0.5, 0.6) is 5.75 Å². The molecular weight excluding hydrogens is 292 g/mol. The molecule has 0 aromatic heterocycles. The molecule has 1 aromatic rings. The van der Waals surface area contributed by atoms with Gasteiger partial charge in [-0.1, -0.05) is 18.2 Å². The van der Waals surface area contributed by atoms with Gasteiger partial charge in [0.1, 0.15) is 12.4 Å². The van der Waals surface area contributed by atoms with Crippen LogP contribution in [0, 0.1) is 0 Å². The molecule has 0 aliphatic carbocycles. The number of hydrogen-bond donors (Lipinski definition) is 1. The molecule has 0 amide bonds. The molecule has 1 rings (SSSR count). The average molecular weight is 303 g/mol. The number of halogens is 6. The van der Waals surface area contributed by atoms with E-state index in [1.165, 1.54) is 18.2 Å². The van der Waals surface area contributed by atoms with Crippen molar-refractivity contribution in [3.8, 4) is 5.75 Å². The first-order chi connectivity index (χ1) is 9.08. The Bertz CT molecular complexity index is 432. The van der Waals surface area contributed by atoms with Gasteiger partial charge in [0.2, 0.25) is 0 Å². The van der Waals surface area contributed by atoms with Crippen molar-refractivity contribution in [3.05, 3.63) is 29.8 Å². The van der Waals surface area contributed by atoms with Crippen LogP contribution in [0.1, 0.15) is 11.6 Å². The molecule has 9 heteroatoms. The lowest BCUT2D eigenvalue weighted by molar-refractivity contribution is -0.275. The lowest BCUT2D eigenvalue weighted by atomic mass is 10.1.